The molecule has 1 aromatic rings. The number of isothiocyanates is 1. The second-order valence-corrected chi connectivity index (χ2v) is 6.81. The molecular weight excluding hydrogens is 343 g/mol. The molecule has 0 bridgehead atoms. The molecule has 0 atom stereocenters. The molecule has 3 rings (SSSR count). The van der Waals surface area contributed by atoms with Crippen molar-refractivity contribution in [2.45, 2.75) is 39.0 Å². The Kier molecular flexibility index (Phi) is 5.36. The van der Waals surface area contributed by atoms with Crippen LogP contribution in [0.15, 0.2) is 46.6 Å². The first-order valence-corrected chi connectivity index (χ1v) is 8.75. The maximum Gasteiger partial charge on any atom is 0.152 e. The van der Waals surface area contributed by atoms with Crippen LogP contribution in [-0.4, -0.2) is 5.16 Å². The van der Waals surface area contributed by atoms with E-state index in [9.17, 15) is 13.2 Å². The van der Waals surface area contributed by atoms with Gasteiger partial charge in [-0.15, -0.1) is 0 Å². The molecule has 0 aromatic heterocycles. The van der Waals surface area contributed by atoms with Gasteiger partial charge in [0, 0.05) is 11.6 Å². The molecule has 1 saturated carbocycles. The van der Waals surface area contributed by atoms with Crippen molar-refractivity contribution < 1.29 is 13.2 Å². The Balaban J connectivity index is 2.04. The fourth-order valence-corrected chi connectivity index (χ4v) is 3.47. The molecule has 0 amide bonds. The summed E-state index contributed by atoms with van der Waals surface area (Å²) in [5.41, 5.74) is 1.05. The lowest BCUT2D eigenvalue weighted by Gasteiger charge is -2.20. The Bertz CT molecular complexity index is 926. The quantitative estimate of drug-likeness (QED) is 0.513. The largest absolute Gasteiger partial charge is 0.209 e. The minimum atomic E-state index is -0.866. The van der Waals surface area contributed by atoms with Crippen molar-refractivity contribution in [3.8, 4) is 0 Å². The van der Waals surface area contributed by atoms with Gasteiger partial charge in [-0.3, -0.25) is 0 Å². The summed E-state index contributed by atoms with van der Waals surface area (Å²) in [6.45, 7) is 2.23. The number of thiocarbonyl (C=S) groups is 1. The van der Waals surface area contributed by atoms with Crippen molar-refractivity contribution in [1.82, 2.24) is 0 Å². The number of rotatable bonds is 1. The van der Waals surface area contributed by atoms with Gasteiger partial charge in [0.15, 0.2) is 5.83 Å². The maximum atomic E-state index is 14.6. The van der Waals surface area contributed by atoms with Crippen molar-refractivity contribution in [1.29, 1.82) is 0 Å². The molecule has 25 heavy (non-hydrogen) atoms. The third-order valence-corrected chi connectivity index (χ3v) is 4.98. The lowest BCUT2D eigenvalue weighted by molar-refractivity contribution is 0.470. The highest BCUT2D eigenvalue weighted by atomic mass is 32.1. The van der Waals surface area contributed by atoms with Crippen LogP contribution in [-0.2, 0) is 0 Å². The van der Waals surface area contributed by atoms with E-state index in [4.69, 9.17) is 0 Å². The normalized spacial score (nSPS) is 23.3. The van der Waals surface area contributed by atoms with Crippen molar-refractivity contribution in [2.24, 2.45) is 10.9 Å². The van der Waals surface area contributed by atoms with E-state index in [0.29, 0.717) is 5.92 Å². The van der Waals surface area contributed by atoms with Gasteiger partial charge >= 0.3 is 0 Å². The summed E-state index contributed by atoms with van der Waals surface area (Å²) in [6, 6.07) is 4.93. The highest BCUT2D eigenvalue weighted by molar-refractivity contribution is 7.78. The minimum absolute atomic E-state index is 0.212. The van der Waals surface area contributed by atoms with Crippen LogP contribution < -0.4 is 10.4 Å². The average Bonchev–Trinajstić information content (AvgIpc) is 2.58. The fourth-order valence-electron chi connectivity index (χ4n) is 3.38. The number of benzene rings is 1. The second kappa shape index (κ2) is 7.51. The van der Waals surface area contributed by atoms with Crippen LogP contribution in [0.1, 0.15) is 39.0 Å². The topological polar surface area (TPSA) is 12.4 Å². The second-order valence-electron chi connectivity index (χ2n) is 6.63. The van der Waals surface area contributed by atoms with Gasteiger partial charge in [0.25, 0.3) is 0 Å². The summed E-state index contributed by atoms with van der Waals surface area (Å²) in [5, 5.41) is 3.05. The number of aliphatic imine (C=N–C) groups is 1. The molecule has 0 radical (unpaired) electrons. The minimum Gasteiger partial charge on any atom is -0.209 e. The number of allylic oxidation sites excluding steroid dienone is 3. The Labute approximate surface area is 150 Å². The summed E-state index contributed by atoms with van der Waals surface area (Å²) >= 11 is 4.39. The van der Waals surface area contributed by atoms with E-state index in [1.54, 1.807) is 6.07 Å². The Morgan fingerprint density at radius 3 is 2.48 bits per heavy atom. The summed E-state index contributed by atoms with van der Waals surface area (Å²) in [6.07, 6.45) is 5.07. The first kappa shape index (κ1) is 17.8. The molecule has 0 spiro atoms. The van der Waals surface area contributed by atoms with Gasteiger partial charge in [-0.1, -0.05) is 24.6 Å². The van der Waals surface area contributed by atoms with Crippen LogP contribution in [0.4, 0.5) is 13.2 Å². The highest BCUT2D eigenvalue weighted by Crippen LogP contribution is 2.31. The highest BCUT2D eigenvalue weighted by Gasteiger charge is 2.20. The van der Waals surface area contributed by atoms with Crippen molar-refractivity contribution in [3.63, 3.8) is 0 Å². The SMILES string of the molecule is CC1CCC(=c2cc/c(=C3/C=C(F)C(N=C=S)=C(F)C3)c(F)c2)CC1. The van der Waals surface area contributed by atoms with Gasteiger partial charge in [-0.2, -0.15) is 4.99 Å². The van der Waals surface area contributed by atoms with Gasteiger partial charge in [0.05, 0.1) is 5.16 Å². The van der Waals surface area contributed by atoms with E-state index < -0.39 is 23.2 Å². The summed E-state index contributed by atoms with van der Waals surface area (Å²) in [7, 11) is 0. The molecule has 2 aliphatic carbocycles. The van der Waals surface area contributed by atoms with E-state index in [1.807, 2.05) is 11.2 Å². The van der Waals surface area contributed by atoms with Crippen molar-refractivity contribution in [3.05, 3.63) is 57.9 Å². The van der Waals surface area contributed by atoms with Crippen LogP contribution >= 0.6 is 12.2 Å². The summed E-state index contributed by atoms with van der Waals surface area (Å²) in [4.78, 5) is 3.39. The lowest BCUT2D eigenvalue weighted by Crippen LogP contribution is -2.20. The number of halogens is 3. The van der Waals surface area contributed by atoms with Gasteiger partial charge in [0.1, 0.15) is 17.3 Å². The van der Waals surface area contributed by atoms with Crippen molar-refractivity contribution >= 4 is 28.5 Å². The molecule has 0 heterocycles. The first-order valence-electron chi connectivity index (χ1n) is 8.34. The molecule has 0 N–H and O–H groups in total. The predicted octanol–water partition coefficient (Wildman–Crippen LogP) is 4.88. The van der Waals surface area contributed by atoms with Crippen LogP contribution in [0.2, 0.25) is 0 Å². The smallest absolute Gasteiger partial charge is 0.152 e. The lowest BCUT2D eigenvalue weighted by atomic mass is 9.86. The van der Waals surface area contributed by atoms with Crippen LogP contribution in [0.3, 0.4) is 0 Å². The molecule has 5 heteroatoms. The number of hydrogen-bond acceptors (Lipinski definition) is 2. The van der Waals surface area contributed by atoms with Gasteiger partial charge < -0.3 is 0 Å². The van der Waals surface area contributed by atoms with Gasteiger partial charge in [0.2, 0.25) is 0 Å². The molecule has 0 unspecified atom stereocenters. The van der Waals surface area contributed by atoms with Crippen LogP contribution in [0.25, 0.3) is 11.1 Å². The zero-order valence-electron chi connectivity index (χ0n) is 13.9. The van der Waals surface area contributed by atoms with Crippen LogP contribution in [0, 0.1) is 11.7 Å². The average molecular weight is 361 g/mol. The van der Waals surface area contributed by atoms with E-state index >= 15 is 0 Å². The molecular formula is C20H18F3NS. The first-order chi connectivity index (χ1) is 12.0. The monoisotopic (exact) mass is 361 g/mol. The van der Waals surface area contributed by atoms with E-state index in [-0.39, 0.29) is 17.2 Å². The van der Waals surface area contributed by atoms with Gasteiger partial charge in [-0.05, 0) is 66.8 Å². The van der Waals surface area contributed by atoms with E-state index in [1.165, 1.54) is 11.6 Å². The van der Waals surface area contributed by atoms with Crippen molar-refractivity contribution in [2.75, 3.05) is 0 Å². The summed E-state index contributed by atoms with van der Waals surface area (Å²) in [5.74, 6) is -1.39. The molecule has 0 saturated heterocycles. The standard InChI is InChI=1S/C20H18F3NS/c1-12-2-4-13(5-3-12)14-6-7-16(17(21)8-14)15-9-18(22)20(24-11-25)19(23)10-15/h6-9,12H,2-5,10H2,1H3/b14-13?,16-15+. The van der Waals surface area contributed by atoms with Crippen LogP contribution in [0.5, 0.6) is 0 Å². The Morgan fingerprint density at radius 2 is 1.88 bits per heavy atom. The van der Waals surface area contributed by atoms with E-state index in [2.05, 4.69) is 24.1 Å². The van der Waals surface area contributed by atoms with Gasteiger partial charge in [-0.25, -0.2) is 13.2 Å². The molecule has 0 aliphatic heterocycles. The predicted molar refractivity (Wildman–Crippen MR) is 97.1 cm³/mol. The maximum absolute atomic E-state index is 14.6. The number of nitrogens with zero attached hydrogens (tertiary/aromatic N) is 1. The summed E-state index contributed by atoms with van der Waals surface area (Å²) < 4.78 is 42.6. The molecule has 1 nitrogen and oxygen atoms in total. The molecule has 2 aliphatic rings. The van der Waals surface area contributed by atoms with E-state index in [0.717, 1.165) is 37.0 Å². The third kappa shape index (κ3) is 3.83. The third-order valence-electron chi connectivity index (χ3n) is 4.89. The molecule has 130 valence electrons. The molecule has 1 fully saturated rings. The molecule has 1 aromatic carbocycles. The Hall–Kier alpha value is -1.97. The number of hydrogen-bond donors (Lipinski definition) is 0. The zero-order chi connectivity index (χ0) is 18.0. The fraction of sp³-hybridized carbons (Fsp3) is 0.350. The Morgan fingerprint density at radius 1 is 1.16 bits per heavy atom. The zero-order valence-corrected chi connectivity index (χ0v) is 14.7.